The van der Waals surface area contributed by atoms with Crippen LogP contribution in [0.4, 0.5) is 0 Å². The van der Waals surface area contributed by atoms with Crippen molar-refractivity contribution in [1.29, 1.82) is 0 Å². The molecule has 1 aliphatic heterocycles. The molecule has 2 rings (SSSR count). The number of hydrogen-bond acceptors (Lipinski definition) is 6. The van der Waals surface area contributed by atoms with Crippen molar-refractivity contribution >= 4 is 17.7 Å². The first-order chi connectivity index (χ1) is 11.5. The first-order valence-corrected chi connectivity index (χ1v) is 7.62. The summed E-state index contributed by atoms with van der Waals surface area (Å²) in [6.45, 7) is 3.16. The second kappa shape index (κ2) is 8.34. The molecule has 1 aromatic heterocycles. The summed E-state index contributed by atoms with van der Waals surface area (Å²) in [6, 6.07) is 0. The van der Waals surface area contributed by atoms with Gasteiger partial charge in [0.1, 0.15) is 12.2 Å². The van der Waals surface area contributed by atoms with Crippen molar-refractivity contribution in [3.8, 4) is 0 Å². The fraction of sp³-hybridized carbons (Fsp3) is 0.533. The molecule has 1 aromatic rings. The van der Waals surface area contributed by atoms with E-state index in [1.165, 1.54) is 22.2 Å². The number of nitrogens with one attached hydrogen (secondary N) is 1. The number of amides is 3. The average Bonchev–Trinajstić information content (AvgIpc) is 2.57. The minimum absolute atomic E-state index is 0.0189. The number of methoxy groups -OCH3 is 1. The van der Waals surface area contributed by atoms with Gasteiger partial charge in [-0.15, -0.1) is 0 Å². The van der Waals surface area contributed by atoms with E-state index in [9.17, 15) is 14.4 Å². The Morgan fingerprint density at radius 2 is 2.08 bits per heavy atom. The van der Waals surface area contributed by atoms with Crippen molar-refractivity contribution in [3.05, 3.63) is 23.8 Å². The molecule has 0 unspecified atom stereocenters. The number of ether oxygens (including phenoxy) is 1. The van der Waals surface area contributed by atoms with Gasteiger partial charge >= 0.3 is 0 Å². The molecule has 0 aromatic carbocycles. The maximum absolute atomic E-state index is 12.3. The first-order valence-electron chi connectivity index (χ1n) is 7.62. The highest BCUT2D eigenvalue weighted by Gasteiger charge is 2.29. The summed E-state index contributed by atoms with van der Waals surface area (Å²) in [5, 5.41) is 2.66. The quantitative estimate of drug-likeness (QED) is 0.657. The SMILES string of the molecule is COCCNC(=O)CN1CCN(C(=O)c2cnc(C)cn2)CC1=O. The van der Waals surface area contributed by atoms with Crippen LogP contribution in [-0.4, -0.2) is 83.9 Å². The fourth-order valence-electron chi connectivity index (χ4n) is 2.24. The van der Waals surface area contributed by atoms with Crippen LogP contribution in [0.3, 0.4) is 0 Å². The van der Waals surface area contributed by atoms with E-state index >= 15 is 0 Å². The minimum Gasteiger partial charge on any atom is -0.383 e. The van der Waals surface area contributed by atoms with E-state index in [0.717, 1.165) is 0 Å². The highest BCUT2D eigenvalue weighted by molar-refractivity contribution is 5.96. The van der Waals surface area contributed by atoms with E-state index in [4.69, 9.17) is 4.74 Å². The lowest BCUT2D eigenvalue weighted by molar-refractivity contribution is -0.139. The number of aryl methyl sites for hydroxylation is 1. The van der Waals surface area contributed by atoms with Crippen molar-refractivity contribution in [1.82, 2.24) is 25.1 Å². The van der Waals surface area contributed by atoms with Gasteiger partial charge in [-0.25, -0.2) is 4.98 Å². The highest BCUT2D eigenvalue weighted by Crippen LogP contribution is 2.07. The van der Waals surface area contributed by atoms with E-state index < -0.39 is 0 Å². The Morgan fingerprint density at radius 1 is 1.29 bits per heavy atom. The number of carbonyl (C=O) groups excluding carboxylic acids is 3. The van der Waals surface area contributed by atoms with Gasteiger partial charge in [0.25, 0.3) is 5.91 Å². The Hall–Kier alpha value is -2.55. The maximum atomic E-state index is 12.3. The van der Waals surface area contributed by atoms with Gasteiger partial charge in [-0.05, 0) is 6.92 Å². The summed E-state index contributed by atoms with van der Waals surface area (Å²) in [6.07, 6.45) is 2.91. The zero-order valence-corrected chi connectivity index (χ0v) is 13.8. The van der Waals surface area contributed by atoms with Crippen LogP contribution in [0.5, 0.6) is 0 Å². The van der Waals surface area contributed by atoms with Gasteiger partial charge < -0.3 is 19.9 Å². The molecule has 1 saturated heterocycles. The van der Waals surface area contributed by atoms with E-state index in [1.54, 1.807) is 14.0 Å². The number of aromatic nitrogens is 2. The van der Waals surface area contributed by atoms with Gasteiger partial charge in [0.15, 0.2) is 0 Å². The Labute approximate surface area is 140 Å². The Bertz CT molecular complexity index is 604. The van der Waals surface area contributed by atoms with Crippen molar-refractivity contribution in [3.63, 3.8) is 0 Å². The molecule has 1 fully saturated rings. The Balaban J connectivity index is 1.86. The third-order valence-electron chi connectivity index (χ3n) is 3.57. The molecule has 0 radical (unpaired) electrons. The predicted molar refractivity (Wildman–Crippen MR) is 84.1 cm³/mol. The summed E-state index contributed by atoms with van der Waals surface area (Å²) in [4.78, 5) is 47.1. The number of hydrogen-bond donors (Lipinski definition) is 1. The predicted octanol–water partition coefficient (Wildman–Crippen LogP) is -1.17. The molecule has 0 spiro atoms. The summed E-state index contributed by atoms with van der Waals surface area (Å²) in [7, 11) is 1.55. The molecule has 3 amide bonds. The first kappa shape index (κ1) is 17.8. The second-order valence-corrected chi connectivity index (χ2v) is 5.43. The lowest BCUT2D eigenvalue weighted by Gasteiger charge is -2.33. The molecule has 24 heavy (non-hydrogen) atoms. The number of piperazine rings is 1. The number of nitrogens with zero attached hydrogens (tertiary/aromatic N) is 4. The molecule has 1 aliphatic rings. The van der Waals surface area contributed by atoms with Gasteiger partial charge in [0.05, 0.1) is 25.0 Å². The molecule has 9 nitrogen and oxygen atoms in total. The number of carbonyl (C=O) groups is 3. The molecule has 0 bridgehead atoms. The third-order valence-corrected chi connectivity index (χ3v) is 3.57. The molecule has 130 valence electrons. The highest BCUT2D eigenvalue weighted by atomic mass is 16.5. The van der Waals surface area contributed by atoms with Crippen molar-refractivity contribution in [2.75, 3.05) is 46.4 Å². The monoisotopic (exact) mass is 335 g/mol. The summed E-state index contributed by atoms with van der Waals surface area (Å²) in [5.41, 5.74) is 0.922. The molecular weight excluding hydrogens is 314 g/mol. The molecule has 0 atom stereocenters. The van der Waals surface area contributed by atoms with E-state index in [1.807, 2.05) is 0 Å². The van der Waals surface area contributed by atoms with Crippen LogP contribution in [0.1, 0.15) is 16.2 Å². The van der Waals surface area contributed by atoms with Crippen molar-refractivity contribution < 1.29 is 19.1 Å². The largest absolute Gasteiger partial charge is 0.383 e. The summed E-state index contributed by atoms with van der Waals surface area (Å²) < 4.78 is 4.84. The van der Waals surface area contributed by atoms with E-state index in [-0.39, 0.29) is 36.5 Å². The van der Waals surface area contributed by atoms with Crippen LogP contribution in [-0.2, 0) is 14.3 Å². The second-order valence-electron chi connectivity index (χ2n) is 5.43. The van der Waals surface area contributed by atoms with Crippen molar-refractivity contribution in [2.24, 2.45) is 0 Å². The van der Waals surface area contributed by atoms with Crippen LogP contribution < -0.4 is 5.32 Å². The average molecular weight is 335 g/mol. The van der Waals surface area contributed by atoms with Gasteiger partial charge in [-0.2, -0.15) is 0 Å². The Morgan fingerprint density at radius 3 is 2.71 bits per heavy atom. The van der Waals surface area contributed by atoms with Gasteiger partial charge in [0.2, 0.25) is 11.8 Å². The van der Waals surface area contributed by atoms with Crippen LogP contribution in [0.25, 0.3) is 0 Å². The minimum atomic E-state index is -0.333. The molecule has 2 heterocycles. The van der Waals surface area contributed by atoms with E-state index in [2.05, 4.69) is 15.3 Å². The molecule has 0 saturated carbocycles. The van der Waals surface area contributed by atoms with Crippen LogP contribution in [0.2, 0.25) is 0 Å². The zero-order chi connectivity index (χ0) is 17.5. The summed E-state index contributed by atoms with van der Waals surface area (Å²) >= 11 is 0. The molecular formula is C15H21N5O4. The molecule has 1 N–H and O–H groups in total. The topological polar surface area (TPSA) is 105 Å². The number of rotatable bonds is 6. The normalized spacial score (nSPS) is 14.7. The standard InChI is InChI=1S/C15H21N5O4/c1-11-7-18-12(8-17-11)15(23)20-5-4-19(14(22)10-20)9-13(21)16-3-6-24-2/h7-8H,3-6,9-10H2,1-2H3,(H,16,21). The fourth-order valence-corrected chi connectivity index (χ4v) is 2.24. The lowest BCUT2D eigenvalue weighted by atomic mass is 10.2. The lowest BCUT2D eigenvalue weighted by Crippen LogP contribution is -2.54. The van der Waals surface area contributed by atoms with Crippen molar-refractivity contribution in [2.45, 2.75) is 6.92 Å². The van der Waals surface area contributed by atoms with Crippen LogP contribution in [0.15, 0.2) is 12.4 Å². The van der Waals surface area contributed by atoms with Crippen LogP contribution in [0, 0.1) is 6.92 Å². The van der Waals surface area contributed by atoms with Gasteiger partial charge in [0, 0.05) is 32.9 Å². The van der Waals surface area contributed by atoms with Crippen LogP contribution >= 0.6 is 0 Å². The smallest absolute Gasteiger partial charge is 0.274 e. The Kier molecular flexibility index (Phi) is 6.19. The maximum Gasteiger partial charge on any atom is 0.274 e. The zero-order valence-electron chi connectivity index (χ0n) is 13.8. The molecule has 0 aliphatic carbocycles. The summed E-state index contributed by atoms with van der Waals surface area (Å²) in [5.74, 6) is -0.846. The van der Waals surface area contributed by atoms with Gasteiger partial charge in [-0.3, -0.25) is 19.4 Å². The van der Waals surface area contributed by atoms with Gasteiger partial charge in [-0.1, -0.05) is 0 Å². The van der Waals surface area contributed by atoms with E-state index in [0.29, 0.717) is 31.9 Å². The molecule has 9 heteroatoms. The third kappa shape index (κ3) is 4.72.